The molecule has 5 nitrogen and oxygen atoms in total. The van der Waals surface area contributed by atoms with E-state index in [0.717, 1.165) is 26.2 Å². The van der Waals surface area contributed by atoms with Crippen LogP contribution in [0.2, 0.25) is 0 Å². The SMILES string of the molecule is C=CCn1c(-c2ccc([N+](=O)[O-])cc2)csc1=Nc1cccc(Br)c1. The van der Waals surface area contributed by atoms with Crippen molar-refractivity contribution in [2.24, 2.45) is 4.99 Å². The highest BCUT2D eigenvalue weighted by Crippen LogP contribution is 2.24. The number of allylic oxidation sites excluding steroid dienone is 1. The molecule has 126 valence electrons. The van der Waals surface area contributed by atoms with Crippen molar-refractivity contribution >= 4 is 38.6 Å². The van der Waals surface area contributed by atoms with Crippen LogP contribution in [0.3, 0.4) is 0 Å². The first-order valence-corrected chi connectivity index (χ1v) is 9.10. The number of rotatable bonds is 5. The minimum atomic E-state index is -0.400. The van der Waals surface area contributed by atoms with E-state index in [2.05, 4.69) is 22.5 Å². The highest BCUT2D eigenvalue weighted by molar-refractivity contribution is 9.10. The topological polar surface area (TPSA) is 60.4 Å². The first-order chi connectivity index (χ1) is 12.1. The lowest BCUT2D eigenvalue weighted by Gasteiger charge is -2.06. The number of aromatic nitrogens is 1. The molecule has 0 unspecified atom stereocenters. The van der Waals surface area contributed by atoms with Crippen LogP contribution in [0.15, 0.2) is 76.0 Å². The van der Waals surface area contributed by atoms with Crippen molar-refractivity contribution < 1.29 is 4.92 Å². The second kappa shape index (κ2) is 7.58. The summed E-state index contributed by atoms with van der Waals surface area (Å²) < 4.78 is 3.01. The molecule has 0 radical (unpaired) electrons. The number of thiazole rings is 1. The van der Waals surface area contributed by atoms with Gasteiger partial charge in [0, 0.05) is 28.5 Å². The number of benzene rings is 2. The zero-order valence-electron chi connectivity index (χ0n) is 13.1. The van der Waals surface area contributed by atoms with Gasteiger partial charge in [-0.25, -0.2) is 4.99 Å². The van der Waals surface area contributed by atoms with Crippen LogP contribution >= 0.6 is 27.3 Å². The predicted molar refractivity (Wildman–Crippen MR) is 104 cm³/mol. The van der Waals surface area contributed by atoms with E-state index >= 15 is 0 Å². The van der Waals surface area contributed by atoms with Gasteiger partial charge in [0.05, 0.1) is 16.3 Å². The van der Waals surface area contributed by atoms with Crippen molar-refractivity contribution in [2.45, 2.75) is 6.54 Å². The summed E-state index contributed by atoms with van der Waals surface area (Å²) in [5.74, 6) is 0. The first-order valence-electron chi connectivity index (χ1n) is 7.43. The molecule has 0 spiro atoms. The summed E-state index contributed by atoms with van der Waals surface area (Å²) in [5.41, 5.74) is 2.78. The van der Waals surface area contributed by atoms with Crippen molar-refractivity contribution in [3.05, 3.63) is 86.0 Å². The van der Waals surface area contributed by atoms with Crippen LogP contribution < -0.4 is 4.80 Å². The van der Waals surface area contributed by atoms with Crippen LogP contribution in [0.5, 0.6) is 0 Å². The summed E-state index contributed by atoms with van der Waals surface area (Å²) in [6, 6.07) is 14.3. The van der Waals surface area contributed by atoms with Gasteiger partial charge in [0.15, 0.2) is 4.80 Å². The molecule has 0 saturated carbocycles. The monoisotopic (exact) mass is 415 g/mol. The molecule has 0 bridgehead atoms. The Hall–Kier alpha value is -2.51. The lowest BCUT2D eigenvalue weighted by atomic mass is 10.1. The van der Waals surface area contributed by atoms with Crippen molar-refractivity contribution in [3.8, 4) is 11.3 Å². The molecule has 1 heterocycles. The van der Waals surface area contributed by atoms with Gasteiger partial charge in [-0.15, -0.1) is 17.9 Å². The lowest BCUT2D eigenvalue weighted by Crippen LogP contribution is -2.14. The Morgan fingerprint density at radius 2 is 2.04 bits per heavy atom. The molecule has 3 aromatic rings. The molecular weight excluding hydrogens is 402 g/mol. The quantitative estimate of drug-likeness (QED) is 0.322. The van der Waals surface area contributed by atoms with Gasteiger partial charge in [-0.3, -0.25) is 10.1 Å². The summed E-state index contributed by atoms with van der Waals surface area (Å²) >= 11 is 4.97. The standard InChI is InChI=1S/C18H14BrN3O2S/c1-2-10-21-17(13-6-8-16(9-7-13)22(23)24)12-25-18(21)20-15-5-3-4-14(19)11-15/h2-9,11-12H,1,10H2. The zero-order valence-corrected chi connectivity index (χ0v) is 15.5. The van der Waals surface area contributed by atoms with E-state index < -0.39 is 4.92 Å². The summed E-state index contributed by atoms with van der Waals surface area (Å²) in [4.78, 5) is 16.0. The minimum absolute atomic E-state index is 0.0771. The van der Waals surface area contributed by atoms with Crippen molar-refractivity contribution in [1.82, 2.24) is 4.57 Å². The second-order valence-corrected chi connectivity index (χ2v) is 6.95. The van der Waals surface area contributed by atoms with Crippen LogP contribution in [0.25, 0.3) is 11.3 Å². The Labute approximate surface area is 156 Å². The first kappa shape index (κ1) is 17.3. The second-order valence-electron chi connectivity index (χ2n) is 5.20. The van der Waals surface area contributed by atoms with Gasteiger partial charge >= 0.3 is 0 Å². The molecule has 2 aromatic carbocycles. The average Bonchev–Trinajstić information content (AvgIpc) is 2.98. The number of nitro groups is 1. The van der Waals surface area contributed by atoms with E-state index in [4.69, 9.17) is 4.99 Å². The lowest BCUT2D eigenvalue weighted by molar-refractivity contribution is -0.384. The fourth-order valence-corrected chi connectivity index (χ4v) is 3.69. The largest absolute Gasteiger partial charge is 0.313 e. The molecule has 7 heteroatoms. The van der Waals surface area contributed by atoms with E-state index in [1.54, 1.807) is 12.1 Å². The number of non-ortho nitro benzene ring substituents is 1. The zero-order chi connectivity index (χ0) is 17.8. The van der Waals surface area contributed by atoms with E-state index in [1.165, 1.54) is 23.5 Å². The van der Waals surface area contributed by atoms with Crippen molar-refractivity contribution in [2.75, 3.05) is 0 Å². The van der Waals surface area contributed by atoms with E-state index in [-0.39, 0.29) is 5.69 Å². The normalized spacial score (nSPS) is 11.5. The maximum absolute atomic E-state index is 10.8. The molecule has 0 saturated heterocycles. The van der Waals surface area contributed by atoms with Gasteiger partial charge in [-0.05, 0) is 35.9 Å². The Morgan fingerprint density at radius 1 is 1.28 bits per heavy atom. The molecule has 0 fully saturated rings. The molecule has 0 aliphatic rings. The van der Waals surface area contributed by atoms with Gasteiger partial charge in [0.1, 0.15) is 0 Å². The Bertz CT molecular complexity index is 990. The third kappa shape index (κ3) is 3.94. The van der Waals surface area contributed by atoms with E-state index in [9.17, 15) is 10.1 Å². The summed E-state index contributed by atoms with van der Waals surface area (Å²) in [6.45, 7) is 4.42. The molecule has 0 atom stereocenters. The van der Waals surface area contributed by atoms with Gasteiger partial charge < -0.3 is 4.57 Å². The van der Waals surface area contributed by atoms with Crippen LogP contribution in [0.4, 0.5) is 11.4 Å². The smallest absolute Gasteiger partial charge is 0.269 e. The van der Waals surface area contributed by atoms with Crippen LogP contribution in [0.1, 0.15) is 0 Å². The molecule has 0 aliphatic carbocycles. The van der Waals surface area contributed by atoms with E-state index in [0.29, 0.717) is 6.54 Å². The minimum Gasteiger partial charge on any atom is -0.313 e. The van der Waals surface area contributed by atoms with Crippen molar-refractivity contribution in [1.29, 1.82) is 0 Å². The number of hydrogen-bond donors (Lipinski definition) is 0. The number of hydrogen-bond acceptors (Lipinski definition) is 4. The number of nitro benzene ring substituents is 1. The fourth-order valence-electron chi connectivity index (χ4n) is 2.36. The molecular formula is C18H14BrN3O2S. The average molecular weight is 416 g/mol. The van der Waals surface area contributed by atoms with Gasteiger partial charge in [-0.1, -0.05) is 28.1 Å². The Kier molecular flexibility index (Phi) is 5.25. The molecule has 0 amide bonds. The van der Waals surface area contributed by atoms with Gasteiger partial charge in [0.2, 0.25) is 0 Å². The highest BCUT2D eigenvalue weighted by Gasteiger charge is 2.10. The van der Waals surface area contributed by atoms with Crippen LogP contribution in [0, 0.1) is 10.1 Å². The summed E-state index contributed by atoms with van der Waals surface area (Å²) in [6.07, 6.45) is 1.81. The Balaban J connectivity index is 2.08. The molecule has 1 aromatic heterocycles. The third-order valence-corrected chi connectivity index (χ3v) is 4.87. The molecule has 25 heavy (non-hydrogen) atoms. The number of halogens is 1. The summed E-state index contributed by atoms with van der Waals surface area (Å²) in [5, 5.41) is 12.8. The molecule has 0 N–H and O–H groups in total. The Morgan fingerprint density at radius 3 is 2.68 bits per heavy atom. The summed E-state index contributed by atoms with van der Waals surface area (Å²) in [7, 11) is 0. The van der Waals surface area contributed by atoms with Crippen molar-refractivity contribution in [3.63, 3.8) is 0 Å². The predicted octanol–water partition coefficient (Wildman–Crippen LogP) is 5.31. The van der Waals surface area contributed by atoms with Gasteiger partial charge in [-0.2, -0.15) is 0 Å². The highest BCUT2D eigenvalue weighted by atomic mass is 79.9. The maximum Gasteiger partial charge on any atom is 0.269 e. The molecule has 0 aliphatic heterocycles. The fraction of sp³-hybridized carbons (Fsp3) is 0.0556. The maximum atomic E-state index is 10.8. The van der Waals surface area contributed by atoms with Crippen LogP contribution in [-0.4, -0.2) is 9.49 Å². The van der Waals surface area contributed by atoms with Gasteiger partial charge in [0.25, 0.3) is 5.69 Å². The molecule has 3 rings (SSSR count). The number of nitrogens with zero attached hydrogens (tertiary/aromatic N) is 3. The van der Waals surface area contributed by atoms with Crippen LogP contribution in [-0.2, 0) is 6.54 Å². The third-order valence-electron chi connectivity index (χ3n) is 3.52. The van der Waals surface area contributed by atoms with E-state index in [1.807, 2.05) is 40.3 Å².